The van der Waals surface area contributed by atoms with Crippen molar-refractivity contribution in [2.75, 3.05) is 6.54 Å². The van der Waals surface area contributed by atoms with E-state index in [1.807, 2.05) is 21.6 Å². The van der Waals surface area contributed by atoms with Crippen LogP contribution in [0.2, 0.25) is 0 Å². The number of fused-ring (bicyclic) bond motifs is 2. The van der Waals surface area contributed by atoms with E-state index >= 15 is 0 Å². The summed E-state index contributed by atoms with van der Waals surface area (Å²) in [5, 5.41) is 3.25. The lowest BCUT2D eigenvalue weighted by Crippen LogP contribution is -2.38. The van der Waals surface area contributed by atoms with E-state index in [1.54, 1.807) is 18.3 Å². The highest BCUT2D eigenvalue weighted by Gasteiger charge is 2.28. The Morgan fingerprint density at radius 1 is 1.22 bits per heavy atom. The first-order valence-electron chi connectivity index (χ1n) is 9.59. The molecule has 5 heteroatoms. The van der Waals surface area contributed by atoms with Crippen LogP contribution in [0.15, 0.2) is 40.5 Å². The summed E-state index contributed by atoms with van der Waals surface area (Å²) in [6, 6.07) is 10.3. The zero-order chi connectivity index (χ0) is 18.5. The van der Waals surface area contributed by atoms with E-state index in [1.165, 1.54) is 18.2 Å². The number of benzene rings is 1. The van der Waals surface area contributed by atoms with E-state index in [-0.39, 0.29) is 11.5 Å². The SMILES string of the molecule is CC(=O)N1CCc2c(cc(-c3cccc4ccsc34)c(=O)n2CC2CC2)C1. The predicted octanol–water partition coefficient (Wildman–Crippen LogP) is 4.04. The van der Waals surface area contributed by atoms with Crippen LogP contribution in [-0.2, 0) is 24.3 Å². The molecule has 0 radical (unpaired) electrons. The molecule has 138 valence electrons. The fraction of sp³-hybridized carbons (Fsp3) is 0.364. The summed E-state index contributed by atoms with van der Waals surface area (Å²) in [6.07, 6.45) is 3.19. The molecule has 1 aromatic carbocycles. The van der Waals surface area contributed by atoms with Crippen molar-refractivity contribution >= 4 is 27.3 Å². The summed E-state index contributed by atoms with van der Waals surface area (Å²) in [6.45, 7) is 3.74. The summed E-state index contributed by atoms with van der Waals surface area (Å²) in [5.74, 6) is 0.730. The average molecular weight is 378 g/mol. The van der Waals surface area contributed by atoms with Crippen molar-refractivity contribution in [3.05, 3.63) is 57.3 Å². The Morgan fingerprint density at radius 3 is 2.85 bits per heavy atom. The lowest BCUT2D eigenvalue weighted by Gasteiger charge is -2.30. The summed E-state index contributed by atoms with van der Waals surface area (Å²) in [5.41, 5.74) is 4.16. The molecule has 0 N–H and O–H groups in total. The van der Waals surface area contributed by atoms with Gasteiger partial charge in [-0.1, -0.05) is 18.2 Å². The van der Waals surface area contributed by atoms with Crippen LogP contribution in [0.3, 0.4) is 0 Å². The van der Waals surface area contributed by atoms with Crippen LogP contribution in [0.4, 0.5) is 0 Å². The molecule has 3 aromatic rings. The van der Waals surface area contributed by atoms with Gasteiger partial charge in [0.2, 0.25) is 5.91 Å². The Balaban J connectivity index is 1.72. The third-order valence-corrected chi connectivity index (χ3v) is 6.79. The Hall–Kier alpha value is -2.40. The summed E-state index contributed by atoms with van der Waals surface area (Å²) >= 11 is 1.68. The van der Waals surface area contributed by atoms with Gasteiger partial charge in [-0.15, -0.1) is 11.3 Å². The number of nitrogens with zero attached hydrogens (tertiary/aromatic N) is 2. The van der Waals surface area contributed by atoms with Crippen LogP contribution in [0.25, 0.3) is 21.2 Å². The molecule has 2 aromatic heterocycles. The van der Waals surface area contributed by atoms with E-state index in [9.17, 15) is 9.59 Å². The van der Waals surface area contributed by atoms with Crippen molar-refractivity contribution in [2.24, 2.45) is 5.92 Å². The second-order valence-corrected chi connectivity index (χ2v) is 8.64. The molecule has 1 amide bonds. The van der Waals surface area contributed by atoms with Gasteiger partial charge in [0.25, 0.3) is 5.56 Å². The zero-order valence-corrected chi connectivity index (χ0v) is 16.2. The van der Waals surface area contributed by atoms with Gasteiger partial charge in [0.15, 0.2) is 0 Å². The van der Waals surface area contributed by atoms with Crippen molar-refractivity contribution in [1.82, 2.24) is 9.47 Å². The maximum Gasteiger partial charge on any atom is 0.258 e. The smallest absolute Gasteiger partial charge is 0.258 e. The molecular formula is C22H22N2O2S. The minimum Gasteiger partial charge on any atom is -0.338 e. The van der Waals surface area contributed by atoms with Crippen molar-refractivity contribution in [3.63, 3.8) is 0 Å². The third-order valence-electron chi connectivity index (χ3n) is 5.82. The second-order valence-electron chi connectivity index (χ2n) is 7.72. The minimum atomic E-state index is 0.0995. The van der Waals surface area contributed by atoms with Gasteiger partial charge in [0.1, 0.15) is 0 Å². The Labute approximate surface area is 162 Å². The molecule has 0 atom stereocenters. The Kier molecular flexibility index (Phi) is 3.93. The maximum atomic E-state index is 13.5. The van der Waals surface area contributed by atoms with Crippen molar-refractivity contribution in [3.8, 4) is 11.1 Å². The minimum absolute atomic E-state index is 0.0995. The Morgan fingerprint density at radius 2 is 2.07 bits per heavy atom. The standard InChI is InChI=1S/C22H22N2O2S/c1-14(25)23-9-7-20-17(13-23)11-19(22(26)24(20)12-15-5-6-15)18-4-2-3-16-8-10-27-21(16)18/h2-4,8,10-11,15H,5-7,9,12-13H2,1H3. The van der Waals surface area contributed by atoms with E-state index in [0.29, 0.717) is 19.0 Å². The highest BCUT2D eigenvalue weighted by atomic mass is 32.1. The van der Waals surface area contributed by atoms with Gasteiger partial charge in [-0.3, -0.25) is 9.59 Å². The monoisotopic (exact) mass is 378 g/mol. The lowest BCUT2D eigenvalue weighted by atomic mass is 9.98. The molecule has 1 aliphatic heterocycles. The maximum absolute atomic E-state index is 13.5. The van der Waals surface area contributed by atoms with E-state index in [4.69, 9.17) is 0 Å². The molecule has 0 bridgehead atoms. The number of hydrogen-bond acceptors (Lipinski definition) is 3. The molecule has 1 saturated carbocycles. The number of thiophene rings is 1. The number of carbonyl (C=O) groups excluding carboxylic acids is 1. The molecule has 5 rings (SSSR count). The van der Waals surface area contributed by atoms with Gasteiger partial charge >= 0.3 is 0 Å². The highest BCUT2D eigenvalue weighted by Crippen LogP contribution is 2.34. The Bertz CT molecular complexity index is 1110. The van der Waals surface area contributed by atoms with Crippen LogP contribution in [-0.4, -0.2) is 21.9 Å². The van der Waals surface area contributed by atoms with Crippen LogP contribution in [0.5, 0.6) is 0 Å². The molecule has 4 nitrogen and oxygen atoms in total. The third kappa shape index (κ3) is 2.90. The van der Waals surface area contributed by atoms with Crippen LogP contribution < -0.4 is 5.56 Å². The topological polar surface area (TPSA) is 42.3 Å². The molecule has 0 unspecified atom stereocenters. The molecule has 1 fully saturated rings. The van der Waals surface area contributed by atoms with Gasteiger partial charge in [0, 0.05) is 54.5 Å². The fourth-order valence-corrected chi connectivity index (χ4v) is 5.06. The average Bonchev–Trinajstić information content (AvgIpc) is 3.36. The largest absolute Gasteiger partial charge is 0.338 e. The van der Waals surface area contributed by atoms with Crippen LogP contribution >= 0.6 is 11.3 Å². The predicted molar refractivity (Wildman–Crippen MR) is 109 cm³/mol. The van der Waals surface area contributed by atoms with E-state index in [0.717, 1.165) is 40.0 Å². The molecular weight excluding hydrogens is 356 g/mol. The number of carbonyl (C=O) groups is 1. The van der Waals surface area contributed by atoms with Gasteiger partial charge in [-0.2, -0.15) is 0 Å². The molecule has 2 aliphatic rings. The first-order chi connectivity index (χ1) is 13.1. The zero-order valence-electron chi connectivity index (χ0n) is 15.4. The van der Waals surface area contributed by atoms with Crippen molar-refractivity contribution in [1.29, 1.82) is 0 Å². The van der Waals surface area contributed by atoms with Gasteiger partial charge in [-0.25, -0.2) is 0 Å². The van der Waals surface area contributed by atoms with Gasteiger partial charge in [-0.05, 0) is 47.2 Å². The number of aromatic nitrogens is 1. The van der Waals surface area contributed by atoms with Crippen LogP contribution in [0, 0.1) is 5.92 Å². The summed E-state index contributed by atoms with van der Waals surface area (Å²) in [4.78, 5) is 27.3. The summed E-state index contributed by atoms with van der Waals surface area (Å²) in [7, 11) is 0. The summed E-state index contributed by atoms with van der Waals surface area (Å²) < 4.78 is 3.18. The first-order valence-corrected chi connectivity index (χ1v) is 10.5. The van der Waals surface area contributed by atoms with Gasteiger partial charge in [0.05, 0.1) is 0 Å². The van der Waals surface area contributed by atoms with Crippen LogP contribution in [0.1, 0.15) is 31.0 Å². The normalized spacial score (nSPS) is 16.6. The number of amides is 1. The quantitative estimate of drug-likeness (QED) is 0.690. The second kappa shape index (κ2) is 6.34. The molecule has 0 spiro atoms. The molecule has 1 aliphatic carbocycles. The molecule has 27 heavy (non-hydrogen) atoms. The first kappa shape index (κ1) is 16.8. The highest BCUT2D eigenvalue weighted by molar-refractivity contribution is 7.17. The number of rotatable bonds is 3. The lowest BCUT2D eigenvalue weighted by molar-refractivity contribution is -0.129. The van der Waals surface area contributed by atoms with E-state index in [2.05, 4.69) is 23.6 Å². The number of pyridine rings is 1. The van der Waals surface area contributed by atoms with E-state index < -0.39 is 0 Å². The fourth-order valence-electron chi connectivity index (χ4n) is 4.14. The number of hydrogen-bond donors (Lipinski definition) is 0. The molecule has 0 saturated heterocycles. The van der Waals surface area contributed by atoms with Gasteiger partial charge < -0.3 is 9.47 Å². The van der Waals surface area contributed by atoms with Crippen molar-refractivity contribution < 1.29 is 4.79 Å². The molecule has 3 heterocycles. The van der Waals surface area contributed by atoms with Crippen molar-refractivity contribution in [2.45, 2.75) is 39.3 Å².